The van der Waals surface area contributed by atoms with Gasteiger partial charge in [-0.15, -0.1) is 0 Å². The van der Waals surface area contributed by atoms with Crippen molar-refractivity contribution in [1.82, 2.24) is 0 Å². The quantitative estimate of drug-likeness (QED) is 0.322. The summed E-state index contributed by atoms with van der Waals surface area (Å²) in [5, 5.41) is 0. The van der Waals surface area contributed by atoms with Gasteiger partial charge in [-0.2, -0.15) is 0 Å². The predicted molar refractivity (Wildman–Crippen MR) is 88.2 cm³/mol. The summed E-state index contributed by atoms with van der Waals surface area (Å²) < 4.78 is 5.18. The highest BCUT2D eigenvalue weighted by Gasteiger charge is 2.02. The molecule has 0 saturated heterocycles. The van der Waals surface area contributed by atoms with E-state index in [9.17, 15) is 4.79 Å². The Kier molecular flexibility index (Phi) is 10.1. The number of carbonyl (C=O) groups excluding carboxylic acids is 1. The van der Waals surface area contributed by atoms with E-state index in [2.05, 4.69) is 13.0 Å². The van der Waals surface area contributed by atoms with Gasteiger partial charge in [0.25, 0.3) is 0 Å². The first-order valence-corrected chi connectivity index (χ1v) is 8.17. The van der Waals surface area contributed by atoms with Gasteiger partial charge >= 0.3 is 5.97 Å². The number of unbranched alkanes of at least 4 members (excludes halogenated alkanes) is 6. The van der Waals surface area contributed by atoms with Crippen molar-refractivity contribution < 1.29 is 9.53 Å². The highest BCUT2D eigenvalue weighted by Crippen LogP contribution is 2.07. The van der Waals surface area contributed by atoms with E-state index >= 15 is 0 Å². The maximum absolute atomic E-state index is 11.6. The molecule has 0 saturated carbocycles. The summed E-state index contributed by atoms with van der Waals surface area (Å²) in [6.07, 6.45) is 13.4. The van der Waals surface area contributed by atoms with Gasteiger partial charge in [-0.1, -0.05) is 81.5 Å². The Morgan fingerprint density at radius 3 is 2.48 bits per heavy atom. The van der Waals surface area contributed by atoms with E-state index in [0.717, 1.165) is 12.0 Å². The molecule has 2 nitrogen and oxygen atoms in total. The molecular weight excluding hydrogens is 260 g/mol. The standard InChI is InChI=1S/C19H28O2/c1-2-3-4-5-6-7-8-9-13-16-21-19(20)17-18-14-11-10-12-15-18/h9-15H,2-8,16-17H2,1H3/b13-9+. The first-order chi connectivity index (χ1) is 10.3. The van der Waals surface area contributed by atoms with Crippen molar-refractivity contribution in [3.05, 3.63) is 48.0 Å². The summed E-state index contributed by atoms with van der Waals surface area (Å²) in [4.78, 5) is 11.6. The van der Waals surface area contributed by atoms with Gasteiger partial charge in [0.15, 0.2) is 0 Å². The van der Waals surface area contributed by atoms with Gasteiger partial charge in [0.2, 0.25) is 0 Å². The highest BCUT2D eigenvalue weighted by molar-refractivity contribution is 5.72. The normalized spacial score (nSPS) is 10.9. The van der Waals surface area contributed by atoms with Gasteiger partial charge in [0.05, 0.1) is 6.42 Å². The number of ether oxygens (including phenoxy) is 1. The van der Waals surface area contributed by atoms with Crippen LogP contribution in [0.4, 0.5) is 0 Å². The van der Waals surface area contributed by atoms with Crippen molar-refractivity contribution in [2.45, 2.75) is 58.3 Å². The number of rotatable bonds is 11. The number of carbonyl (C=O) groups is 1. The van der Waals surface area contributed by atoms with Crippen LogP contribution >= 0.6 is 0 Å². The molecule has 0 atom stereocenters. The number of hydrogen-bond donors (Lipinski definition) is 0. The van der Waals surface area contributed by atoms with E-state index in [0.29, 0.717) is 13.0 Å². The third-order valence-corrected chi connectivity index (χ3v) is 3.42. The Morgan fingerprint density at radius 2 is 1.71 bits per heavy atom. The Bertz CT molecular complexity index is 395. The summed E-state index contributed by atoms with van der Waals surface area (Å²) in [5.74, 6) is -0.162. The molecule has 0 bridgehead atoms. The zero-order valence-corrected chi connectivity index (χ0v) is 13.2. The fourth-order valence-corrected chi connectivity index (χ4v) is 2.18. The Morgan fingerprint density at radius 1 is 1.00 bits per heavy atom. The average Bonchev–Trinajstić information content (AvgIpc) is 2.50. The monoisotopic (exact) mass is 288 g/mol. The van der Waals surface area contributed by atoms with Crippen molar-refractivity contribution in [3.63, 3.8) is 0 Å². The Balaban J connectivity index is 1.97. The molecule has 0 aromatic heterocycles. The molecule has 0 fully saturated rings. The number of allylic oxidation sites excluding steroid dienone is 1. The first-order valence-electron chi connectivity index (χ1n) is 8.17. The average molecular weight is 288 g/mol. The Hall–Kier alpha value is -1.57. The predicted octanol–water partition coefficient (Wildman–Crippen LogP) is 5.08. The summed E-state index contributed by atoms with van der Waals surface area (Å²) >= 11 is 0. The van der Waals surface area contributed by atoms with Crippen LogP contribution in [0.15, 0.2) is 42.5 Å². The molecule has 1 aromatic carbocycles. The second kappa shape index (κ2) is 12.2. The van der Waals surface area contributed by atoms with Crippen molar-refractivity contribution >= 4 is 5.97 Å². The van der Waals surface area contributed by atoms with E-state index in [1.807, 2.05) is 36.4 Å². The van der Waals surface area contributed by atoms with Crippen molar-refractivity contribution in [1.29, 1.82) is 0 Å². The van der Waals surface area contributed by atoms with Crippen LogP contribution in [0.3, 0.4) is 0 Å². The third kappa shape index (κ3) is 9.89. The molecular formula is C19H28O2. The topological polar surface area (TPSA) is 26.3 Å². The summed E-state index contributed by atoms with van der Waals surface area (Å²) in [6, 6.07) is 9.69. The molecule has 0 unspecified atom stereocenters. The van der Waals surface area contributed by atoms with E-state index in [1.165, 1.54) is 38.5 Å². The van der Waals surface area contributed by atoms with Crippen LogP contribution in [0, 0.1) is 0 Å². The van der Waals surface area contributed by atoms with Crippen LogP contribution in [-0.4, -0.2) is 12.6 Å². The van der Waals surface area contributed by atoms with Crippen molar-refractivity contribution in [2.75, 3.05) is 6.61 Å². The summed E-state index contributed by atoms with van der Waals surface area (Å²) in [5.41, 5.74) is 0.999. The third-order valence-electron chi connectivity index (χ3n) is 3.42. The SMILES string of the molecule is CCCCCCCC/C=C/COC(=O)Cc1ccccc1. The molecule has 21 heavy (non-hydrogen) atoms. The number of esters is 1. The minimum absolute atomic E-state index is 0.162. The zero-order valence-electron chi connectivity index (χ0n) is 13.2. The van der Waals surface area contributed by atoms with E-state index in [1.54, 1.807) is 0 Å². The van der Waals surface area contributed by atoms with Crippen molar-refractivity contribution in [2.24, 2.45) is 0 Å². The molecule has 0 heterocycles. The minimum Gasteiger partial charge on any atom is -0.461 e. The zero-order chi connectivity index (χ0) is 15.2. The number of benzene rings is 1. The maximum atomic E-state index is 11.6. The summed E-state index contributed by atoms with van der Waals surface area (Å²) in [6.45, 7) is 2.63. The fourth-order valence-electron chi connectivity index (χ4n) is 2.18. The van der Waals surface area contributed by atoms with Crippen LogP contribution < -0.4 is 0 Å². The van der Waals surface area contributed by atoms with Gasteiger partial charge < -0.3 is 4.74 Å². The lowest BCUT2D eigenvalue weighted by Crippen LogP contribution is -2.07. The van der Waals surface area contributed by atoms with Crippen LogP contribution in [0.2, 0.25) is 0 Å². The molecule has 0 amide bonds. The van der Waals surface area contributed by atoms with Gasteiger partial charge in [0, 0.05) is 0 Å². The molecule has 1 aromatic rings. The molecule has 116 valence electrons. The van der Waals surface area contributed by atoms with Crippen LogP contribution in [-0.2, 0) is 16.0 Å². The maximum Gasteiger partial charge on any atom is 0.310 e. The van der Waals surface area contributed by atoms with E-state index in [4.69, 9.17) is 4.74 Å². The lowest BCUT2D eigenvalue weighted by Gasteiger charge is -2.02. The first kappa shape index (κ1) is 17.5. The lowest BCUT2D eigenvalue weighted by atomic mass is 10.1. The number of hydrogen-bond acceptors (Lipinski definition) is 2. The molecule has 0 aliphatic carbocycles. The molecule has 1 rings (SSSR count). The smallest absolute Gasteiger partial charge is 0.310 e. The van der Waals surface area contributed by atoms with Crippen LogP contribution in [0.25, 0.3) is 0 Å². The molecule has 2 heteroatoms. The largest absolute Gasteiger partial charge is 0.461 e. The fraction of sp³-hybridized carbons (Fsp3) is 0.526. The molecule has 0 aliphatic rings. The molecule has 0 N–H and O–H groups in total. The minimum atomic E-state index is -0.162. The van der Waals surface area contributed by atoms with Crippen LogP contribution in [0.5, 0.6) is 0 Å². The van der Waals surface area contributed by atoms with Gasteiger partial charge in [-0.3, -0.25) is 4.79 Å². The summed E-state index contributed by atoms with van der Waals surface area (Å²) in [7, 11) is 0. The Labute approximate surface area is 129 Å². The van der Waals surface area contributed by atoms with Gasteiger partial charge in [-0.25, -0.2) is 0 Å². The van der Waals surface area contributed by atoms with Gasteiger partial charge in [0.1, 0.15) is 6.61 Å². The second-order valence-electron chi connectivity index (χ2n) is 5.37. The van der Waals surface area contributed by atoms with Crippen LogP contribution in [0.1, 0.15) is 57.4 Å². The van der Waals surface area contributed by atoms with Crippen molar-refractivity contribution in [3.8, 4) is 0 Å². The van der Waals surface area contributed by atoms with E-state index in [-0.39, 0.29) is 5.97 Å². The second-order valence-corrected chi connectivity index (χ2v) is 5.37. The van der Waals surface area contributed by atoms with E-state index < -0.39 is 0 Å². The highest BCUT2D eigenvalue weighted by atomic mass is 16.5. The molecule has 0 spiro atoms. The van der Waals surface area contributed by atoms with Gasteiger partial charge in [-0.05, 0) is 18.4 Å². The molecule has 0 aliphatic heterocycles. The lowest BCUT2D eigenvalue weighted by molar-refractivity contribution is -0.141. The molecule has 0 radical (unpaired) electrons.